The Labute approximate surface area is 176 Å². The van der Waals surface area contributed by atoms with Gasteiger partial charge in [0.1, 0.15) is 6.10 Å². The molecule has 152 valence electrons. The Morgan fingerprint density at radius 2 is 2.07 bits per heavy atom. The third-order valence-electron chi connectivity index (χ3n) is 6.03. The lowest BCUT2D eigenvalue weighted by Gasteiger charge is -2.20. The molecule has 29 heavy (non-hydrogen) atoms. The lowest BCUT2D eigenvalue weighted by molar-refractivity contribution is 0.227. The molecule has 1 fully saturated rings. The predicted molar refractivity (Wildman–Crippen MR) is 114 cm³/mol. The highest BCUT2D eigenvalue weighted by atomic mass is 35.5. The molecule has 3 N–H and O–H groups in total. The van der Waals surface area contributed by atoms with E-state index in [9.17, 15) is 0 Å². The molecular weight excluding hydrogens is 388 g/mol. The molecule has 2 atom stereocenters. The van der Waals surface area contributed by atoms with Gasteiger partial charge in [0.15, 0.2) is 11.6 Å². The summed E-state index contributed by atoms with van der Waals surface area (Å²) in [5, 5.41) is 8.34. The van der Waals surface area contributed by atoms with E-state index in [1.807, 2.05) is 25.1 Å². The molecule has 0 saturated carbocycles. The molecule has 7 nitrogen and oxygen atoms in total. The molecule has 2 aliphatic heterocycles. The number of nitrogen functional groups attached to an aromatic ring is 1. The second kappa shape index (κ2) is 7.65. The summed E-state index contributed by atoms with van der Waals surface area (Å²) in [6.07, 6.45) is 7.48. The molecule has 5 heterocycles. The number of hydrogen-bond donors (Lipinski definition) is 2. The highest BCUT2D eigenvalue weighted by Crippen LogP contribution is 2.41. The molecule has 0 aliphatic carbocycles. The van der Waals surface area contributed by atoms with Gasteiger partial charge in [-0.15, -0.1) is 12.4 Å². The molecule has 0 amide bonds. The van der Waals surface area contributed by atoms with Gasteiger partial charge in [0, 0.05) is 48.4 Å². The molecule has 3 aromatic heterocycles. The van der Waals surface area contributed by atoms with Crippen LogP contribution in [-0.4, -0.2) is 32.8 Å². The van der Waals surface area contributed by atoms with E-state index in [-0.39, 0.29) is 23.9 Å². The number of hydrogen-bond acceptors (Lipinski definition) is 6. The molecule has 0 unspecified atom stereocenters. The van der Waals surface area contributed by atoms with Gasteiger partial charge in [-0.05, 0) is 56.1 Å². The van der Waals surface area contributed by atoms with Gasteiger partial charge >= 0.3 is 0 Å². The fourth-order valence-corrected chi connectivity index (χ4v) is 4.36. The number of fused-ring (bicyclic) bond motifs is 2. The molecule has 0 bridgehead atoms. The van der Waals surface area contributed by atoms with E-state index in [1.165, 1.54) is 18.5 Å². The van der Waals surface area contributed by atoms with Gasteiger partial charge in [0.2, 0.25) is 0 Å². The highest BCUT2D eigenvalue weighted by Gasteiger charge is 2.42. The van der Waals surface area contributed by atoms with Crippen molar-refractivity contribution in [2.45, 2.75) is 37.8 Å². The number of ether oxygens (including phenoxy) is 1. The molecule has 2 aliphatic rings. The van der Waals surface area contributed by atoms with Crippen LogP contribution in [-0.2, 0) is 12.0 Å². The average Bonchev–Trinajstić information content (AvgIpc) is 3.43. The first-order chi connectivity index (χ1) is 13.6. The summed E-state index contributed by atoms with van der Waals surface area (Å²) in [4.78, 5) is 8.41. The summed E-state index contributed by atoms with van der Waals surface area (Å²) in [5.41, 5.74) is 10.5. The second-order valence-corrected chi connectivity index (χ2v) is 7.74. The number of nitrogens with one attached hydrogen (secondary N) is 1. The Kier molecular flexibility index (Phi) is 5.19. The summed E-state index contributed by atoms with van der Waals surface area (Å²) in [6, 6.07) is 8.03. The number of nitrogens with zero attached hydrogens (tertiary/aromatic N) is 4. The summed E-state index contributed by atoms with van der Waals surface area (Å²) in [6.45, 7) is 5.08. The first-order valence-corrected chi connectivity index (χ1v) is 9.76. The number of halogens is 1. The standard InChI is InChI=1S/C21H24N6O.ClH/c1-14(15-2-6-23-7-3-15)28-18-10-16(12-25-20(18)22)17-11-19-21(4-8-24-13-21)5-9-27(19)26-17;/h2-3,6-7,10-12,14,24H,4-5,8-9,13H2,1H3,(H2,22,25);1H/t14-,21-;/m1./s1. The number of aryl methyl sites for hydroxylation is 1. The van der Waals surface area contributed by atoms with Crippen molar-refractivity contribution in [3.05, 3.63) is 54.1 Å². The monoisotopic (exact) mass is 412 g/mol. The molecule has 1 saturated heterocycles. The van der Waals surface area contributed by atoms with Crippen LogP contribution in [0.2, 0.25) is 0 Å². The van der Waals surface area contributed by atoms with Crippen LogP contribution < -0.4 is 15.8 Å². The Morgan fingerprint density at radius 1 is 1.24 bits per heavy atom. The normalized spacial score (nSPS) is 21.0. The van der Waals surface area contributed by atoms with Crippen molar-refractivity contribution >= 4 is 18.2 Å². The Hall–Kier alpha value is -2.64. The topological polar surface area (TPSA) is 90.9 Å². The molecular formula is C21H25ClN6O. The lowest BCUT2D eigenvalue weighted by atomic mass is 9.82. The van der Waals surface area contributed by atoms with Crippen LogP contribution in [0.4, 0.5) is 5.82 Å². The number of aromatic nitrogens is 4. The van der Waals surface area contributed by atoms with Crippen molar-refractivity contribution in [1.82, 2.24) is 25.1 Å². The predicted octanol–water partition coefficient (Wildman–Crippen LogP) is 3.12. The molecule has 0 aromatic carbocycles. The smallest absolute Gasteiger partial charge is 0.166 e. The third-order valence-corrected chi connectivity index (χ3v) is 6.03. The zero-order valence-corrected chi connectivity index (χ0v) is 17.2. The maximum atomic E-state index is 6.10. The van der Waals surface area contributed by atoms with Gasteiger partial charge in [0.05, 0.1) is 5.69 Å². The molecule has 3 aromatic rings. The lowest BCUT2D eigenvalue weighted by Crippen LogP contribution is -2.25. The van der Waals surface area contributed by atoms with Crippen LogP contribution in [0.1, 0.15) is 37.1 Å². The van der Waals surface area contributed by atoms with Crippen molar-refractivity contribution in [3.8, 4) is 17.0 Å². The van der Waals surface area contributed by atoms with Crippen LogP contribution in [0.15, 0.2) is 42.9 Å². The van der Waals surface area contributed by atoms with E-state index < -0.39 is 0 Å². The Bertz CT molecular complexity index is 1000. The molecule has 1 spiro atoms. The Balaban J connectivity index is 0.00000205. The number of pyridine rings is 2. The number of nitrogens with two attached hydrogens (primary N) is 1. The van der Waals surface area contributed by atoms with Crippen LogP contribution >= 0.6 is 12.4 Å². The van der Waals surface area contributed by atoms with E-state index in [0.29, 0.717) is 11.6 Å². The maximum Gasteiger partial charge on any atom is 0.166 e. The maximum absolute atomic E-state index is 6.10. The second-order valence-electron chi connectivity index (χ2n) is 7.74. The summed E-state index contributed by atoms with van der Waals surface area (Å²) in [5.74, 6) is 0.958. The van der Waals surface area contributed by atoms with E-state index in [0.717, 1.165) is 36.5 Å². The van der Waals surface area contributed by atoms with E-state index in [1.54, 1.807) is 18.6 Å². The van der Waals surface area contributed by atoms with Gasteiger partial charge in [-0.25, -0.2) is 4.98 Å². The van der Waals surface area contributed by atoms with Crippen molar-refractivity contribution < 1.29 is 4.74 Å². The SMILES string of the molecule is C[C@@H](Oc1cc(-c2cc3n(n2)CC[C@@]32CCNC2)cnc1N)c1ccncc1.Cl. The Morgan fingerprint density at radius 3 is 2.83 bits per heavy atom. The summed E-state index contributed by atoms with van der Waals surface area (Å²) in [7, 11) is 0. The van der Waals surface area contributed by atoms with Crippen LogP contribution in [0.25, 0.3) is 11.3 Å². The van der Waals surface area contributed by atoms with Gasteiger partial charge in [-0.2, -0.15) is 5.10 Å². The van der Waals surface area contributed by atoms with E-state index >= 15 is 0 Å². The van der Waals surface area contributed by atoms with Crippen molar-refractivity contribution in [1.29, 1.82) is 0 Å². The van der Waals surface area contributed by atoms with Crippen LogP contribution in [0, 0.1) is 0 Å². The zero-order valence-electron chi connectivity index (χ0n) is 16.3. The molecule has 5 rings (SSSR count). The average molecular weight is 413 g/mol. The van der Waals surface area contributed by atoms with Crippen molar-refractivity contribution in [2.75, 3.05) is 18.8 Å². The van der Waals surface area contributed by atoms with Crippen LogP contribution in [0.5, 0.6) is 5.75 Å². The number of anilines is 1. The summed E-state index contributed by atoms with van der Waals surface area (Å²) < 4.78 is 8.26. The van der Waals surface area contributed by atoms with Crippen molar-refractivity contribution in [3.63, 3.8) is 0 Å². The van der Waals surface area contributed by atoms with Gasteiger partial charge in [-0.3, -0.25) is 9.67 Å². The van der Waals surface area contributed by atoms with Gasteiger partial charge < -0.3 is 15.8 Å². The van der Waals surface area contributed by atoms with Crippen LogP contribution in [0.3, 0.4) is 0 Å². The first kappa shape index (κ1) is 19.7. The largest absolute Gasteiger partial charge is 0.482 e. The van der Waals surface area contributed by atoms with E-state index in [2.05, 4.69) is 26.0 Å². The van der Waals surface area contributed by atoms with Crippen molar-refractivity contribution in [2.24, 2.45) is 0 Å². The van der Waals surface area contributed by atoms with Gasteiger partial charge in [0.25, 0.3) is 0 Å². The zero-order chi connectivity index (χ0) is 19.1. The van der Waals surface area contributed by atoms with E-state index in [4.69, 9.17) is 15.6 Å². The minimum atomic E-state index is -0.151. The fraction of sp³-hybridized carbons (Fsp3) is 0.381. The quantitative estimate of drug-likeness (QED) is 0.684. The number of rotatable bonds is 4. The van der Waals surface area contributed by atoms with Gasteiger partial charge in [-0.1, -0.05) is 0 Å². The summed E-state index contributed by atoms with van der Waals surface area (Å²) >= 11 is 0. The molecule has 0 radical (unpaired) electrons. The molecule has 8 heteroatoms. The minimum absolute atomic E-state index is 0. The highest BCUT2D eigenvalue weighted by molar-refractivity contribution is 5.85. The third kappa shape index (κ3) is 3.45. The minimum Gasteiger partial charge on any atom is -0.482 e. The first-order valence-electron chi connectivity index (χ1n) is 9.76. The fourth-order valence-electron chi connectivity index (χ4n) is 4.36.